The second-order valence-corrected chi connectivity index (χ2v) is 23.3. The van der Waals surface area contributed by atoms with Crippen LogP contribution in [0.5, 0.6) is 0 Å². The van der Waals surface area contributed by atoms with Gasteiger partial charge in [-0.15, -0.1) is 0 Å². The predicted octanol–water partition coefficient (Wildman–Crippen LogP) is 13.0. The third-order valence-corrected chi connectivity index (χ3v) is 14.0. The highest BCUT2D eigenvalue weighted by Gasteiger charge is 2.43. The Kier molecular flexibility index (Phi) is 18.4. The number of amides is 1. The molecule has 2 saturated carbocycles. The van der Waals surface area contributed by atoms with Crippen molar-refractivity contribution in [2.24, 2.45) is 23.7 Å². The third-order valence-electron chi connectivity index (χ3n) is 13.6. The molecular weight excluding hydrogens is 968 g/mol. The first kappa shape index (κ1) is 56.7. The summed E-state index contributed by atoms with van der Waals surface area (Å²) >= 11 is 12.6. The Balaban J connectivity index is 0.000000189. The number of halogens is 2. The van der Waals surface area contributed by atoms with E-state index in [1.165, 1.54) is 25.7 Å². The van der Waals surface area contributed by atoms with E-state index in [4.69, 9.17) is 46.9 Å². The molecule has 6 heterocycles. The van der Waals surface area contributed by atoms with E-state index in [0.29, 0.717) is 40.6 Å². The maximum Gasteiger partial charge on any atom is 0.519 e. The van der Waals surface area contributed by atoms with E-state index in [1.807, 2.05) is 31.6 Å². The van der Waals surface area contributed by atoms with E-state index in [0.717, 1.165) is 55.4 Å². The standard InChI is InChI=1S/C23H34ClN5O3.C18H26ClN5O.C10H18O5/c1-7-17-13(2)14(3)20(31-17)29-19-16(12-25-29)18(26-21(24)27-19)28(15-10-8-9-11-15)22(30)32-23(4,5)6;1-4-14-10(2)11(3)17(25-14)24-16-13(9-20-24)15(22-18(19)23-16)21-12-7-5-6-8-12;1-9(2,3)14-7(11)13-8(12)15-10(4,5)6/h12-15,17,20H,7-11H2,1-6H3;9-12,14,17H,4-8H2,1-3H3,(H,21,22,23);1-6H3/t13-,14+,17+,20+;10-,11+,14+,17+;/m00./s1. The van der Waals surface area contributed by atoms with Crippen molar-refractivity contribution in [2.75, 3.05) is 10.2 Å². The number of rotatable bonds is 8. The second-order valence-electron chi connectivity index (χ2n) is 22.6. The molecule has 4 aliphatic rings. The first-order chi connectivity index (χ1) is 33.7. The summed E-state index contributed by atoms with van der Waals surface area (Å²) in [4.78, 5) is 54.8. The highest BCUT2D eigenvalue weighted by Crippen LogP contribution is 2.43. The largest absolute Gasteiger partial charge is 0.519 e. The van der Waals surface area contributed by atoms with Crippen LogP contribution in [-0.4, -0.2) is 99.0 Å². The lowest BCUT2D eigenvalue weighted by atomic mass is 9.92. The molecule has 21 heteroatoms. The van der Waals surface area contributed by atoms with Gasteiger partial charge in [-0.25, -0.2) is 23.7 Å². The Morgan fingerprint density at radius 3 is 1.51 bits per heavy atom. The number of nitrogens with zero attached hydrogens (tertiary/aromatic N) is 9. The molecule has 2 aliphatic carbocycles. The highest BCUT2D eigenvalue weighted by molar-refractivity contribution is 6.29. The normalized spacial score (nSPS) is 24.9. The van der Waals surface area contributed by atoms with Gasteiger partial charge < -0.3 is 33.7 Å². The molecular formula is C51H78Cl2N10O9. The number of hydrogen-bond donors (Lipinski definition) is 1. The molecule has 1 N–H and O–H groups in total. The summed E-state index contributed by atoms with van der Waals surface area (Å²) in [6.07, 6.45) is 11.8. The average Bonchev–Trinajstić information content (AvgIpc) is 4.14. The van der Waals surface area contributed by atoms with Crippen LogP contribution in [0.15, 0.2) is 12.4 Å². The number of fused-ring (bicyclic) bond motifs is 2. The van der Waals surface area contributed by atoms with Crippen LogP contribution in [0, 0.1) is 23.7 Å². The molecule has 0 bridgehead atoms. The molecule has 0 radical (unpaired) electrons. The summed E-state index contributed by atoms with van der Waals surface area (Å²) in [6.45, 7) is 28.8. The van der Waals surface area contributed by atoms with E-state index >= 15 is 0 Å². The second kappa shape index (κ2) is 23.3. The lowest BCUT2D eigenvalue weighted by molar-refractivity contribution is -0.0294. The Labute approximate surface area is 434 Å². The van der Waals surface area contributed by atoms with Crippen LogP contribution in [0.1, 0.15) is 181 Å². The first-order valence-corrected chi connectivity index (χ1v) is 26.5. The summed E-state index contributed by atoms with van der Waals surface area (Å²) in [5, 5.41) is 14.7. The van der Waals surface area contributed by atoms with Gasteiger partial charge in [0.15, 0.2) is 29.6 Å². The number of carbonyl (C=O) groups excluding carboxylic acids is 3. The maximum absolute atomic E-state index is 13.3. The minimum absolute atomic E-state index is 0.00788. The van der Waals surface area contributed by atoms with E-state index in [-0.39, 0.29) is 47.2 Å². The zero-order valence-corrected chi connectivity index (χ0v) is 46.5. The molecule has 1 amide bonds. The van der Waals surface area contributed by atoms with E-state index < -0.39 is 35.2 Å². The van der Waals surface area contributed by atoms with Crippen LogP contribution in [0.2, 0.25) is 10.6 Å². The quantitative estimate of drug-likeness (QED) is 0.0753. The van der Waals surface area contributed by atoms with Crippen LogP contribution in [-0.2, 0) is 28.4 Å². The Morgan fingerprint density at radius 1 is 0.639 bits per heavy atom. The van der Waals surface area contributed by atoms with Gasteiger partial charge in [0, 0.05) is 23.9 Å². The average molecular weight is 1050 g/mol. The number of nitrogens with one attached hydrogen (secondary N) is 1. The minimum Gasteiger partial charge on any atom is -0.443 e. The first-order valence-electron chi connectivity index (χ1n) is 25.7. The van der Waals surface area contributed by atoms with Crippen molar-refractivity contribution in [3.63, 3.8) is 0 Å². The molecule has 0 aromatic carbocycles. The molecule has 72 heavy (non-hydrogen) atoms. The summed E-state index contributed by atoms with van der Waals surface area (Å²) in [6, 6.07) is 0.470. The van der Waals surface area contributed by atoms with Crippen molar-refractivity contribution in [1.29, 1.82) is 0 Å². The molecule has 2 aliphatic heterocycles. The maximum atomic E-state index is 13.3. The lowest BCUT2D eigenvalue weighted by Gasteiger charge is -2.31. The fourth-order valence-electron chi connectivity index (χ4n) is 9.75. The van der Waals surface area contributed by atoms with E-state index in [9.17, 15) is 14.4 Å². The van der Waals surface area contributed by atoms with Crippen LogP contribution in [0.3, 0.4) is 0 Å². The molecule has 4 aromatic rings. The van der Waals surface area contributed by atoms with Gasteiger partial charge in [-0.1, -0.05) is 67.2 Å². The van der Waals surface area contributed by atoms with Crippen molar-refractivity contribution < 1.29 is 42.8 Å². The molecule has 2 saturated heterocycles. The van der Waals surface area contributed by atoms with Crippen molar-refractivity contribution in [3.8, 4) is 0 Å². The monoisotopic (exact) mass is 1040 g/mol. The SMILES string of the molecule is CC(C)(C)OC(=O)OC(=O)OC(C)(C)C.CC[C@H]1O[C@@H](n2ncc3c(N(C(=O)OC(C)(C)C)C4CCCC4)nc(Cl)nc32)[C@H](C)[C@@H]1C.CC[C@H]1O[C@@H](n2ncc3c(NC4CCCC4)nc(Cl)nc32)[C@H](C)[C@@H]1C. The Hall–Kier alpha value is -4.59. The summed E-state index contributed by atoms with van der Waals surface area (Å²) in [5.74, 6) is 2.77. The number of ether oxygens (including phenoxy) is 6. The van der Waals surface area contributed by atoms with Gasteiger partial charge in [0.25, 0.3) is 0 Å². The summed E-state index contributed by atoms with van der Waals surface area (Å²) in [5.41, 5.74) is -0.682. The third kappa shape index (κ3) is 14.2. The summed E-state index contributed by atoms with van der Waals surface area (Å²) < 4.78 is 35.9. The van der Waals surface area contributed by atoms with E-state index in [1.54, 1.807) is 57.3 Å². The van der Waals surface area contributed by atoms with Gasteiger partial charge >= 0.3 is 18.4 Å². The molecule has 4 aromatic heterocycles. The van der Waals surface area contributed by atoms with Gasteiger partial charge in [0.1, 0.15) is 22.6 Å². The molecule has 8 rings (SSSR count). The van der Waals surface area contributed by atoms with Gasteiger partial charge in [-0.3, -0.25) is 4.90 Å². The van der Waals surface area contributed by atoms with Crippen molar-refractivity contribution in [1.82, 2.24) is 39.5 Å². The summed E-state index contributed by atoms with van der Waals surface area (Å²) in [7, 11) is 0. The van der Waals surface area contributed by atoms with Crippen molar-refractivity contribution in [3.05, 3.63) is 23.0 Å². The fourth-order valence-corrected chi connectivity index (χ4v) is 10.1. The minimum atomic E-state index is -1.06. The topological polar surface area (TPSA) is 209 Å². The van der Waals surface area contributed by atoms with Crippen LogP contribution in [0.25, 0.3) is 22.1 Å². The highest BCUT2D eigenvalue weighted by atomic mass is 35.5. The molecule has 4 fully saturated rings. The van der Waals surface area contributed by atoms with E-state index in [2.05, 4.69) is 81.7 Å². The number of carbonyl (C=O) groups is 3. The smallest absolute Gasteiger partial charge is 0.443 e. The number of hydrogen-bond acceptors (Lipinski definition) is 16. The lowest BCUT2D eigenvalue weighted by Crippen LogP contribution is -2.43. The zero-order valence-electron chi connectivity index (χ0n) is 45.0. The predicted molar refractivity (Wildman–Crippen MR) is 276 cm³/mol. The van der Waals surface area contributed by atoms with Crippen molar-refractivity contribution in [2.45, 2.75) is 222 Å². The zero-order chi connectivity index (χ0) is 53.0. The van der Waals surface area contributed by atoms with Crippen LogP contribution >= 0.6 is 23.2 Å². The molecule has 400 valence electrons. The molecule has 0 unspecified atom stereocenters. The van der Waals surface area contributed by atoms with Crippen LogP contribution < -0.4 is 10.2 Å². The number of aromatic nitrogens is 8. The van der Waals surface area contributed by atoms with Gasteiger partial charge in [0.2, 0.25) is 10.6 Å². The van der Waals surface area contributed by atoms with Gasteiger partial charge in [-0.05, 0) is 136 Å². The Morgan fingerprint density at radius 2 is 1.07 bits per heavy atom. The van der Waals surface area contributed by atoms with Crippen molar-refractivity contribution >= 4 is 75.3 Å². The fraction of sp³-hybridized carbons (Fsp3) is 0.745. The Bertz CT molecular complexity index is 2460. The molecule has 8 atom stereocenters. The molecule has 19 nitrogen and oxygen atoms in total. The van der Waals surface area contributed by atoms with Crippen LogP contribution in [0.4, 0.5) is 26.0 Å². The molecule has 0 spiro atoms. The van der Waals surface area contributed by atoms with Gasteiger partial charge in [-0.2, -0.15) is 30.1 Å². The number of anilines is 2. The van der Waals surface area contributed by atoms with Gasteiger partial charge in [0.05, 0.1) is 35.4 Å².